The largest absolute Gasteiger partial charge is 0.508 e. The van der Waals surface area contributed by atoms with Gasteiger partial charge in [0.05, 0.1) is 18.8 Å². The summed E-state index contributed by atoms with van der Waals surface area (Å²) in [4.78, 5) is 0. The summed E-state index contributed by atoms with van der Waals surface area (Å²) in [5, 5.41) is 111. The predicted molar refractivity (Wildman–Crippen MR) is 138 cm³/mol. The van der Waals surface area contributed by atoms with E-state index in [2.05, 4.69) is 0 Å². The molecule has 5 rings (SSSR count). The molecule has 2 fully saturated rings. The lowest BCUT2D eigenvalue weighted by Gasteiger charge is -2.43. The molecule has 11 N–H and O–H groups in total. The van der Waals surface area contributed by atoms with Crippen LogP contribution in [0.3, 0.4) is 0 Å². The third-order valence-electron chi connectivity index (χ3n) is 7.39. The van der Waals surface area contributed by atoms with E-state index in [1.54, 1.807) is 0 Å². The molecule has 0 aliphatic carbocycles. The summed E-state index contributed by atoms with van der Waals surface area (Å²) < 4.78 is 28.2. The van der Waals surface area contributed by atoms with E-state index >= 15 is 0 Å². The Hall–Kier alpha value is -3.42. The average Bonchev–Trinajstić information content (AvgIpc) is 2.97. The Kier molecular flexibility index (Phi) is 8.87. The van der Waals surface area contributed by atoms with Gasteiger partial charge >= 0.3 is 0 Å². The molecule has 0 aromatic heterocycles. The van der Waals surface area contributed by atoms with Gasteiger partial charge in [0.15, 0.2) is 23.9 Å². The fourth-order valence-electron chi connectivity index (χ4n) is 4.96. The van der Waals surface area contributed by atoms with Crippen molar-refractivity contribution < 1.29 is 79.9 Å². The van der Waals surface area contributed by atoms with Crippen LogP contribution < -0.4 is 4.74 Å². The van der Waals surface area contributed by atoms with Crippen molar-refractivity contribution in [1.29, 1.82) is 0 Å². The van der Waals surface area contributed by atoms with Crippen LogP contribution in [0.4, 0.5) is 0 Å². The van der Waals surface area contributed by atoms with Crippen LogP contribution in [0.1, 0.15) is 17.2 Å². The number of benzene rings is 2. The number of ether oxygens (including phenoxy) is 5. The minimum absolute atomic E-state index is 0.0220. The van der Waals surface area contributed by atoms with Crippen molar-refractivity contribution in [3.63, 3.8) is 0 Å². The maximum atomic E-state index is 10.7. The molecule has 236 valence electrons. The summed E-state index contributed by atoms with van der Waals surface area (Å²) in [7, 11) is 0. The van der Waals surface area contributed by atoms with Crippen LogP contribution in [0.15, 0.2) is 36.1 Å². The molecule has 0 spiro atoms. The summed E-state index contributed by atoms with van der Waals surface area (Å²) in [6.45, 7) is -1.30. The van der Waals surface area contributed by atoms with Gasteiger partial charge in [0.1, 0.15) is 71.8 Å². The first-order valence-electron chi connectivity index (χ1n) is 13.1. The first kappa shape index (κ1) is 31.0. The fourth-order valence-corrected chi connectivity index (χ4v) is 4.96. The van der Waals surface area contributed by atoms with Gasteiger partial charge in [-0.15, -0.1) is 0 Å². The van der Waals surface area contributed by atoms with E-state index < -0.39 is 98.0 Å². The number of phenols is 4. The Morgan fingerprint density at radius 1 is 0.674 bits per heavy atom. The summed E-state index contributed by atoms with van der Waals surface area (Å²) in [6.07, 6.45) is -16.4. The fraction of sp³-hybridized carbons (Fsp3) is 0.481. The number of aliphatic hydroxyl groups is 7. The second kappa shape index (κ2) is 12.3. The lowest BCUT2D eigenvalue weighted by Crippen LogP contribution is -2.61. The Balaban J connectivity index is 1.39. The van der Waals surface area contributed by atoms with E-state index in [9.17, 15) is 56.2 Å². The number of rotatable bonds is 7. The number of aliphatic hydroxyl groups excluding tert-OH is 7. The van der Waals surface area contributed by atoms with Crippen LogP contribution in [0, 0.1) is 0 Å². The molecule has 3 heterocycles. The Labute approximate surface area is 243 Å². The van der Waals surface area contributed by atoms with Gasteiger partial charge in [0.25, 0.3) is 0 Å². The van der Waals surface area contributed by atoms with E-state index in [1.165, 1.54) is 30.3 Å². The first-order valence-corrected chi connectivity index (χ1v) is 13.1. The summed E-state index contributed by atoms with van der Waals surface area (Å²) >= 11 is 0. The molecule has 16 nitrogen and oxygen atoms in total. The Bertz CT molecular complexity index is 1330. The molecule has 11 atom stereocenters. The predicted octanol–water partition coefficient (Wildman–Crippen LogP) is -2.38. The second-order valence-corrected chi connectivity index (χ2v) is 10.3. The van der Waals surface area contributed by atoms with Crippen LogP contribution in [0.2, 0.25) is 0 Å². The molecule has 1 unspecified atom stereocenters. The summed E-state index contributed by atoms with van der Waals surface area (Å²) in [6, 6.07) is 5.99. The van der Waals surface area contributed by atoms with Crippen molar-refractivity contribution in [3.05, 3.63) is 47.2 Å². The minimum Gasteiger partial charge on any atom is -0.508 e. The van der Waals surface area contributed by atoms with Gasteiger partial charge in [-0.2, -0.15) is 0 Å². The standard InChI is InChI=1S/C27H32O16/c28-7-17-19(33)21(35)23(37)26(42-17)39-8-18-20(34)22(36)24(38)27(43-18)41-16-6-11-13(31)4-10(29)5-15(11)40-25(16)9-1-2-12(30)14(32)3-9/h1-6,17-38H,7-8H2/t17-,18+,19-,20-,21+,22-,23-,24+,25?,26-,27-/m1/s1. The van der Waals surface area contributed by atoms with Crippen molar-refractivity contribution in [2.45, 2.75) is 67.5 Å². The van der Waals surface area contributed by atoms with Gasteiger partial charge < -0.3 is 79.9 Å². The van der Waals surface area contributed by atoms with Gasteiger partial charge in [-0.25, -0.2) is 0 Å². The van der Waals surface area contributed by atoms with E-state index in [-0.39, 0.29) is 28.4 Å². The second-order valence-electron chi connectivity index (χ2n) is 10.3. The van der Waals surface area contributed by atoms with Crippen molar-refractivity contribution >= 4 is 6.08 Å². The molecular formula is C27H32O16. The average molecular weight is 613 g/mol. The highest BCUT2D eigenvalue weighted by Gasteiger charge is 2.48. The first-order chi connectivity index (χ1) is 20.4. The van der Waals surface area contributed by atoms with Crippen molar-refractivity contribution in [3.8, 4) is 28.7 Å². The third-order valence-corrected chi connectivity index (χ3v) is 7.39. The molecule has 2 saturated heterocycles. The molecule has 0 bridgehead atoms. The molecule has 3 aliphatic rings. The minimum atomic E-state index is -1.85. The highest BCUT2D eigenvalue weighted by atomic mass is 16.7. The van der Waals surface area contributed by atoms with Crippen LogP contribution in [0.5, 0.6) is 28.7 Å². The summed E-state index contributed by atoms with van der Waals surface area (Å²) in [5.74, 6) is -1.73. The monoisotopic (exact) mass is 612 g/mol. The summed E-state index contributed by atoms with van der Waals surface area (Å²) in [5.41, 5.74) is 0.295. The smallest absolute Gasteiger partial charge is 0.228 e. The number of hydrogen-bond acceptors (Lipinski definition) is 16. The van der Waals surface area contributed by atoms with Gasteiger partial charge in [-0.05, 0) is 18.2 Å². The molecule has 3 aliphatic heterocycles. The van der Waals surface area contributed by atoms with Crippen molar-refractivity contribution in [1.82, 2.24) is 0 Å². The SMILES string of the molecule is OC[C@H]1O[C@@H](OC[C@@H]2O[C@@H](OC3=Cc4c(O)cc(O)cc4OC3c3ccc(O)c(O)c3)[C@@H](O)[C@H](O)[C@@H]2O)[C@H](O)[C@@H](O)[C@@H]1O. The van der Waals surface area contributed by atoms with Crippen LogP contribution in [-0.2, 0) is 18.9 Å². The van der Waals surface area contributed by atoms with Gasteiger partial charge in [0.2, 0.25) is 6.29 Å². The lowest BCUT2D eigenvalue weighted by atomic mass is 9.98. The number of fused-ring (bicyclic) bond motifs is 1. The van der Waals surface area contributed by atoms with Crippen LogP contribution in [0.25, 0.3) is 6.08 Å². The highest BCUT2D eigenvalue weighted by Crippen LogP contribution is 2.45. The molecule has 0 radical (unpaired) electrons. The topological polar surface area (TPSA) is 269 Å². The van der Waals surface area contributed by atoms with E-state index in [0.717, 1.165) is 6.07 Å². The maximum absolute atomic E-state index is 10.7. The lowest BCUT2D eigenvalue weighted by molar-refractivity contribution is -0.328. The van der Waals surface area contributed by atoms with E-state index in [4.69, 9.17) is 23.7 Å². The molecule has 0 saturated carbocycles. The zero-order chi connectivity index (χ0) is 31.2. The van der Waals surface area contributed by atoms with E-state index in [1.807, 2.05) is 0 Å². The van der Waals surface area contributed by atoms with E-state index in [0.29, 0.717) is 0 Å². The molecule has 43 heavy (non-hydrogen) atoms. The zero-order valence-electron chi connectivity index (χ0n) is 22.2. The highest BCUT2D eigenvalue weighted by molar-refractivity contribution is 5.69. The third kappa shape index (κ3) is 6.02. The quantitative estimate of drug-likeness (QED) is 0.146. The molecular weight excluding hydrogens is 580 g/mol. The zero-order valence-corrected chi connectivity index (χ0v) is 22.2. The molecule has 2 aromatic carbocycles. The molecule has 0 amide bonds. The van der Waals surface area contributed by atoms with Crippen LogP contribution >= 0.6 is 0 Å². The van der Waals surface area contributed by atoms with Crippen molar-refractivity contribution in [2.24, 2.45) is 0 Å². The molecule has 2 aromatic rings. The van der Waals surface area contributed by atoms with Crippen molar-refractivity contribution in [2.75, 3.05) is 13.2 Å². The Morgan fingerprint density at radius 3 is 2.00 bits per heavy atom. The number of phenolic OH excluding ortho intramolecular Hbond substituents is 4. The van der Waals surface area contributed by atoms with Gasteiger partial charge in [-0.3, -0.25) is 0 Å². The van der Waals surface area contributed by atoms with Crippen LogP contribution in [-0.4, -0.2) is 131 Å². The maximum Gasteiger partial charge on any atom is 0.228 e. The normalized spacial score (nSPS) is 35.9. The van der Waals surface area contributed by atoms with Gasteiger partial charge in [-0.1, -0.05) is 6.07 Å². The van der Waals surface area contributed by atoms with Gasteiger partial charge in [0, 0.05) is 17.7 Å². The molecule has 16 heteroatoms. The number of hydrogen-bond donors (Lipinski definition) is 11. The Morgan fingerprint density at radius 2 is 1.33 bits per heavy atom. The number of aromatic hydroxyl groups is 4.